The molecule has 0 aromatic heterocycles. The molecule has 1 aliphatic rings. The van der Waals surface area contributed by atoms with Crippen LogP contribution in [0.3, 0.4) is 0 Å². The van der Waals surface area contributed by atoms with Crippen LogP contribution in [0.2, 0.25) is 0 Å². The topological polar surface area (TPSA) is 58.4 Å². The molecule has 0 radical (unpaired) electrons. The number of amides is 1. The van der Waals surface area contributed by atoms with Gasteiger partial charge in [-0.25, -0.2) is 0 Å². The zero-order valence-corrected chi connectivity index (χ0v) is 9.12. The summed E-state index contributed by atoms with van der Waals surface area (Å²) >= 11 is 0. The van der Waals surface area contributed by atoms with E-state index in [2.05, 4.69) is 10.2 Å². The number of nitrogens with zero attached hydrogens (tertiary/aromatic N) is 1. The molecule has 1 saturated heterocycles. The van der Waals surface area contributed by atoms with Crippen molar-refractivity contribution in [1.29, 1.82) is 0 Å². The maximum atomic E-state index is 11.2. The Hall–Kier alpha value is -0.610. The number of nitrogens with two attached hydrogens (primary N) is 1. The Morgan fingerprint density at radius 1 is 1.71 bits per heavy atom. The van der Waals surface area contributed by atoms with Crippen molar-refractivity contribution in [2.75, 3.05) is 20.1 Å². The van der Waals surface area contributed by atoms with Crippen LogP contribution in [0.25, 0.3) is 0 Å². The zero-order chi connectivity index (χ0) is 10.6. The summed E-state index contributed by atoms with van der Waals surface area (Å²) in [6, 6.07) is 0.410. The highest BCUT2D eigenvalue weighted by Crippen LogP contribution is 2.20. The van der Waals surface area contributed by atoms with Crippen LogP contribution in [0, 0.1) is 0 Å². The number of hydrogen-bond acceptors (Lipinski definition) is 3. The van der Waals surface area contributed by atoms with E-state index >= 15 is 0 Å². The van der Waals surface area contributed by atoms with Gasteiger partial charge in [-0.3, -0.25) is 9.69 Å². The molecule has 0 aliphatic carbocycles. The van der Waals surface area contributed by atoms with E-state index in [1.807, 2.05) is 14.0 Å². The van der Waals surface area contributed by atoms with E-state index in [1.165, 1.54) is 12.8 Å². The predicted molar refractivity (Wildman–Crippen MR) is 56.9 cm³/mol. The Labute approximate surface area is 85.8 Å². The molecule has 0 spiro atoms. The molecular weight excluding hydrogens is 178 g/mol. The van der Waals surface area contributed by atoms with Crippen LogP contribution in [0.15, 0.2) is 0 Å². The molecule has 4 nitrogen and oxygen atoms in total. The third kappa shape index (κ3) is 2.45. The molecule has 0 bridgehead atoms. The quantitative estimate of drug-likeness (QED) is 0.652. The lowest BCUT2D eigenvalue weighted by molar-refractivity contribution is -0.123. The molecule has 0 aromatic rings. The van der Waals surface area contributed by atoms with E-state index in [0.717, 1.165) is 19.5 Å². The van der Waals surface area contributed by atoms with Crippen LogP contribution in [0.1, 0.15) is 26.2 Å². The Bertz CT molecular complexity index is 196. The largest absolute Gasteiger partial charge is 0.368 e. The van der Waals surface area contributed by atoms with Crippen molar-refractivity contribution in [3.05, 3.63) is 0 Å². The number of hydrogen-bond donors (Lipinski definition) is 2. The second-order valence-electron chi connectivity index (χ2n) is 3.92. The zero-order valence-electron chi connectivity index (χ0n) is 9.12. The third-order valence-electron chi connectivity index (χ3n) is 2.98. The first-order valence-electron chi connectivity index (χ1n) is 5.40. The van der Waals surface area contributed by atoms with Gasteiger partial charge in [-0.15, -0.1) is 0 Å². The smallest absolute Gasteiger partial charge is 0.234 e. The molecule has 82 valence electrons. The number of primary amides is 1. The monoisotopic (exact) mass is 199 g/mol. The van der Waals surface area contributed by atoms with Gasteiger partial charge >= 0.3 is 0 Å². The van der Waals surface area contributed by atoms with Crippen molar-refractivity contribution in [2.24, 2.45) is 5.73 Å². The normalized spacial score (nSPS) is 25.1. The molecule has 1 fully saturated rings. The van der Waals surface area contributed by atoms with Crippen molar-refractivity contribution in [3.8, 4) is 0 Å². The minimum absolute atomic E-state index is 0.0733. The second kappa shape index (κ2) is 5.32. The number of nitrogens with one attached hydrogen (secondary N) is 1. The Kier molecular flexibility index (Phi) is 4.35. The van der Waals surface area contributed by atoms with Crippen LogP contribution in [0.5, 0.6) is 0 Å². The van der Waals surface area contributed by atoms with Crippen molar-refractivity contribution in [3.63, 3.8) is 0 Å². The average molecular weight is 199 g/mol. The predicted octanol–water partition coefficient (Wildman–Crippen LogP) is -0.0659. The van der Waals surface area contributed by atoms with Crippen molar-refractivity contribution in [2.45, 2.75) is 38.3 Å². The molecule has 1 amide bonds. The Morgan fingerprint density at radius 2 is 2.43 bits per heavy atom. The maximum Gasteiger partial charge on any atom is 0.234 e. The molecule has 2 atom stereocenters. The van der Waals surface area contributed by atoms with E-state index < -0.39 is 0 Å². The molecule has 2 unspecified atom stereocenters. The molecule has 0 aromatic carbocycles. The minimum Gasteiger partial charge on any atom is -0.368 e. The van der Waals surface area contributed by atoms with E-state index in [9.17, 15) is 4.79 Å². The molecular formula is C10H21N3O. The first kappa shape index (κ1) is 11.5. The summed E-state index contributed by atoms with van der Waals surface area (Å²) in [6.45, 7) is 3.97. The first-order chi connectivity index (χ1) is 6.70. The van der Waals surface area contributed by atoms with Crippen LogP contribution >= 0.6 is 0 Å². The molecule has 14 heavy (non-hydrogen) atoms. The second-order valence-corrected chi connectivity index (χ2v) is 3.92. The van der Waals surface area contributed by atoms with Gasteiger partial charge in [0.1, 0.15) is 0 Å². The van der Waals surface area contributed by atoms with Gasteiger partial charge in [-0.2, -0.15) is 0 Å². The van der Waals surface area contributed by atoms with Crippen LogP contribution in [-0.2, 0) is 4.79 Å². The summed E-state index contributed by atoms with van der Waals surface area (Å²) in [6.07, 6.45) is 3.16. The van der Waals surface area contributed by atoms with Gasteiger partial charge in [0.05, 0.1) is 6.04 Å². The van der Waals surface area contributed by atoms with Crippen molar-refractivity contribution < 1.29 is 4.79 Å². The number of likely N-dealkylation sites (N-methyl/N-ethyl adjacent to an activating group) is 1. The van der Waals surface area contributed by atoms with Gasteiger partial charge in [0.15, 0.2) is 0 Å². The number of likely N-dealkylation sites (tertiary alicyclic amines) is 1. The summed E-state index contributed by atoms with van der Waals surface area (Å²) in [7, 11) is 1.95. The van der Waals surface area contributed by atoms with Crippen LogP contribution in [-0.4, -0.2) is 43.0 Å². The highest BCUT2D eigenvalue weighted by atomic mass is 16.1. The fourth-order valence-corrected chi connectivity index (χ4v) is 2.32. The molecule has 0 saturated carbocycles. The summed E-state index contributed by atoms with van der Waals surface area (Å²) in [5.74, 6) is -0.185. The van der Waals surface area contributed by atoms with Gasteiger partial charge < -0.3 is 11.1 Å². The van der Waals surface area contributed by atoms with Gasteiger partial charge in [0.2, 0.25) is 5.91 Å². The van der Waals surface area contributed by atoms with Crippen molar-refractivity contribution in [1.82, 2.24) is 10.2 Å². The lowest BCUT2D eigenvalue weighted by Crippen LogP contribution is -2.49. The molecule has 1 aliphatic heterocycles. The molecule has 1 rings (SSSR count). The summed E-state index contributed by atoms with van der Waals surface area (Å²) in [5.41, 5.74) is 5.38. The van der Waals surface area contributed by atoms with E-state index in [1.54, 1.807) is 0 Å². The fraction of sp³-hybridized carbons (Fsp3) is 0.900. The lowest BCUT2D eigenvalue weighted by Gasteiger charge is -2.30. The Morgan fingerprint density at radius 3 is 2.93 bits per heavy atom. The van der Waals surface area contributed by atoms with E-state index in [-0.39, 0.29) is 11.9 Å². The van der Waals surface area contributed by atoms with Crippen LogP contribution < -0.4 is 11.1 Å². The first-order valence-corrected chi connectivity index (χ1v) is 5.40. The lowest BCUT2D eigenvalue weighted by atomic mass is 10.1. The summed E-state index contributed by atoms with van der Waals surface area (Å²) < 4.78 is 0. The molecule has 3 N–H and O–H groups in total. The van der Waals surface area contributed by atoms with Gasteiger partial charge in [0.25, 0.3) is 0 Å². The fourth-order valence-electron chi connectivity index (χ4n) is 2.32. The van der Waals surface area contributed by atoms with E-state index in [0.29, 0.717) is 6.04 Å². The summed E-state index contributed by atoms with van der Waals surface area (Å²) in [4.78, 5) is 13.5. The standard InChI is InChI=1S/C10H21N3O/c1-3-9(10(11)14)13-6-4-5-8(13)7-12-2/h8-9,12H,3-7H2,1-2H3,(H2,11,14). The van der Waals surface area contributed by atoms with Gasteiger partial charge in [0, 0.05) is 12.6 Å². The number of rotatable bonds is 5. The van der Waals surface area contributed by atoms with Crippen LogP contribution in [0.4, 0.5) is 0 Å². The van der Waals surface area contributed by atoms with Gasteiger partial charge in [-0.1, -0.05) is 6.92 Å². The highest BCUT2D eigenvalue weighted by Gasteiger charge is 2.31. The average Bonchev–Trinajstić information content (AvgIpc) is 2.55. The number of carbonyl (C=O) groups is 1. The van der Waals surface area contributed by atoms with E-state index in [4.69, 9.17) is 5.73 Å². The van der Waals surface area contributed by atoms with Crippen molar-refractivity contribution >= 4 is 5.91 Å². The molecule has 4 heteroatoms. The minimum atomic E-state index is -0.185. The number of carbonyl (C=O) groups excluding carboxylic acids is 1. The Balaban J connectivity index is 2.59. The molecule has 1 heterocycles. The summed E-state index contributed by atoms with van der Waals surface area (Å²) in [5, 5.41) is 3.16. The highest BCUT2D eigenvalue weighted by molar-refractivity contribution is 5.79. The maximum absolute atomic E-state index is 11.2. The SMILES string of the molecule is CCC(C(N)=O)N1CCCC1CNC. The third-order valence-corrected chi connectivity index (χ3v) is 2.98. The van der Waals surface area contributed by atoms with Gasteiger partial charge in [-0.05, 0) is 32.9 Å².